The molecule has 0 fully saturated rings. The summed E-state index contributed by atoms with van der Waals surface area (Å²) in [5, 5.41) is 3.18. The molecule has 1 atom stereocenters. The molecule has 26 heavy (non-hydrogen) atoms. The number of hydrogen-bond donors (Lipinski definition) is 1. The topological polar surface area (TPSA) is 29.1 Å². The third-order valence-electron chi connectivity index (χ3n) is 5.95. The molecule has 0 aliphatic heterocycles. The Morgan fingerprint density at radius 3 is 1.92 bits per heavy atom. The molecular formula is C24H21NO. The summed E-state index contributed by atoms with van der Waals surface area (Å²) in [6.45, 7) is 0.594. The Morgan fingerprint density at radius 2 is 1.31 bits per heavy atom. The highest BCUT2D eigenvalue weighted by atomic mass is 16.1. The van der Waals surface area contributed by atoms with Crippen molar-refractivity contribution in [1.29, 1.82) is 0 Å². The first-order valence-corrected chi connectivity index (χ1v) is 9.32. The van der Waals surface area contributed by atoms with Gasteiger partial charge in [-0.15, -0.1) is 0 Å². The summed E-state index contributed by atoms with van der Waals surface area (Å²) in [5.74, 6) is 0.685. The highest BCUT2D eigenvalue weighted by Gasteiger charge is 2.45. The van der Waals surface area contributed by atoms with Crippen LogP contribution in [0.5, 0.6) is 0 Å². The van der Waals surface area contributed by atoms with Crippen molar-refractivity contribution in [3.63, 3.8) is 0 Å². The van der Waals surface area contributed by atoms with Gasteiger partial charge in [0.25, 0.3) is 0 Å². The van der Waals surface area contributed by atoms with E-state index in [2.05, 4.69) is 66.0 Å². The minimum Gasteiger partial charge on any atom is -0.352 e. The van der Waals surface area contributed by atoms with Crippen LogP contribution >= 0.6 is 0 Å². The summed E-state index contributed by atoms with van der Waals surface area (Å²) in [6, 6.07) is 27.4. The highest BCUT2D eigenvalue weighted by Crippen LogP contribution is 2.55. The van der Waals surface area contributed by atoms with Crippen LogP contribution < -0.4 is 5.32 Å². The zero-order chi connectivity index (χ0) is 17.5. The molecule has 3 aromatic carbocycles. The Bertz CT molecular complexity index is 915. The van der Waals surface area contributed by atoms with Gasteiger partial charge in [-0.1, -0.05) is 78.9 Å². The molecule has 0 spiro atoms. The molecule has 3 aliphatic rings. The lowest BCUT2D eigenvalue weighted by molar-refractivity contribution is -0.126. The number of fused-ring (bicyclic) bond motifs is 1. The van der Waals surface area contributed by atoms with Gasteiger partial charge in [-0.25, -0.2) is 0 Å². The van der Waals surface area contributed by atoms with Crippen LogP contribution in [0.15, 0.2) is 78.9 Å². The van der Waals surface area contributed by atoms with Crippen LogP contribution in [-0.2, 0) is 11.3 Å². The number of carbonyl (C=O) groups is 1. The fourth-order valence-electron chi connectivity index (χ4n) is 4.81. The van der Waals surface area contributed by atoms with Crippen molar-refractivity contribution in [3.8, 4) is 0 Å². The van der Waals surface area contributed by atoms with Crippen LogP contribution in [0, 0.1) is 5.92 Å². The number of hydrogen-bond acceptors (Lipinski definition) is 1. The molecule has 3 aromatic rings. The van der Waals surface area contributed by atoms with Gasteiger partial charge in [-0.05, 0) is 34.2 Å². The van der Waals surface area contributed by atoms with Crippen molar-refractivity contribution < 1.29 is 4.79 Å². The van der Waals surface area contributed by atoms with Gasteiger partial charge >= 0.3 is 0 Å². The van der Waals surface area contributed by atoms with Crippen LogP contribution in [0.1, 0.15) is 46.1 Å². The van der Waals surface area contributed by atoms with E-state index in [0.717, 1.165) is 12.0 Å². The van der Waals surface area contributed by atoms with Gasteiger partial charge in [0.05, 0.1) is 0 Å². The maximum absolute atomic E-state index is 13.1. The SMILES string of the molecule is O=C(NCc1ccccc1)C1CC2c3ccccc3C1c1ccccc12. The van der Waals surface area contributed by atoms with E-state index in [1.165, 1.54) is 22.3 Å². The predicted molar refractivity (Wildman–Crippen MR) is 103 cm³/mol. The monoisotopic (exact) mass is 339 g/mol. The van der Waals surface area contributed by atoms with Crippen LogP contribution in [0.3, 0.4) is 0 Å². The predicted octanol–water partition coefficient (Wildman–Crippen LogP) is 4.60. The molecule has 3 aliphatic carbocycles. The number of carbonyl (C=O) groups excluding carboxylic acids is 1. The lowest BCUT2D eigenvalue weighted by atomic mass is 9.59. The Hall–Kier alpha value is -2.87. The maximum Gasteiger partial charge on any atom is 0.224 e. The fourth-order valence-corrected chi connectivity index (χ4v) is 4.81. The van der Waals surface area contributed by atoms with Crippen molar-refractivity contribution in [2.75, 3.05) is 0 Å². The quantitative estimate of drug-likeness (QED) is 0.742. The molecule has 6 rings (SSSR count). The van der Waals surface area contributed by atoms with Crippen LogP contribution in [0.25, 0.3) is 0 Å². The molecule has 1 N–H and O–H groups in total. The van der Waals surface area contributed by atoms with Gasteiger partial charge in [0, 0.05) is 24.3 Å². The van der Waals surface area contributed by atoms with E-state index < -0.39 is 0 Å². The largest absolute Gasteiger partial charge is 0.352 e. The van der Waals surface area contributed by atoms with Gasteiger partial charge in [0.2, 0.25) is 5.91 Å². The van der Waals surface area contributed by atoms with Crippen molar-refractivity contribution >= 4 is 5.91 Å². The molecule has 2 heteroatoms. The standard InChI is InChI=1S/C24H21NO/c26-24(25-15-16-8-2-1-3-9-16)22-14-21-17-10-4-6-12-19(17)23(22)20-13-7-5-11-18(20)21/h1-13,21-23H,14-15H2,(H,25,26). The Labute approximate surface area is 153 Å². The Balaban J connectivity index is 1.47. The molecule has 2 nitrogen and oxygen atoms in total. The number of nitrogens with one attached hydrogen (secondary N) is 1. The van der Waals surface area contributed by atoms with E-state index in [0.29, 0.717) is 12.5 Å². The summed E-state index contributed by atoms with van der Waals surface area (Å²) in [6.07, 6.45) is 0.902. The summed E-state index contributed by atoms with van der Waals surface area (Å²) in [7, 11) is 0. The van der Waals surface area contributed by atoms with Gasteiger partial charge in [0.15, 0.2) is 0 Å². The summed E-state index contributed by atoms with van der Waals surface area (Å²) >= 11 is 0. The molecule has 2 bridgehead atoms. The Morgan fingerprint density at radius 1 is 0.769 bits per heavy atom. The molecule has 0 saturated carbocycles. The second kappa shape index (κ2) is 6.14. The minimum atomic E-state index is 0.00788. The first-order valence-electron chi connectivity index (χ1n) is 9.32. The van der Waals surface area contributed by atoms with Crippen molar-refractivity contribution in [2.24, 2.45) is 5.92 Å². The lowest BCUT2D eigenvalue weighted by Crippen LogP contribution is -2.41. The summed E-state index contributed by atoms with van der Waals surface area (Å²) in [4.78, 5) is 13.1. The molecule has 0 aromatic heterocycles. The molecule has 128 valence electrons. The molecule has 0 saturated heterocycles. The van der Waals surface area contributed by atoms with Crippen molar-refractivity contribution in [2.45, 2.75) is 24.8 Å². The zero-order valence-electron chi connectivity index (χ0n) is 14.6. The van der Waals surface area contributed by atoms with Crippen molar-refractivity contribution in [1.82, 2.24) is 5.32 Å². The highest BCUT2D eigenvalue weighted by molar-refractivity contribution is 5.82. The summed E-state index contributed by atoms with van der Waals surface area (Å²) < 4.78 is 0. The van der Waals surface area contributed by atoms with E-state index >= 15 is 0 Å². The average Bonchev–Trinajstić information content (AvgIpc) is 2.73. The van der Waals surface area contributed by atoms with E-state index in [-0.39, 0.29) is 17.7 Å². The molecule has 0 radical (unpaired) electrons. The number of benzene rings is 3. The van der Waals surface area contributed by atoms with Gasteiger partial charge in [-0.2, -0.15) is 0 Å². The molecular weight excluding hydrogens is 318 g/mol. The Kier molecular flexibility index (Phi) is 3.63. The van der Waals surface area contributed by atoms with E-state index in [9.17, 15) is 4.79 Å². The number of amides is 1. The third-order valence-corrected chi connectivity index (χ3v) is 5.95. The smallest absolute Gasteiger partial charge is 0.224 e. The second-order valence-electron chi connectivity index (χ2n) is 7.33. The normalized spacial score (nSPS) is 22.4. The second-order valence-corrected chi connectivity index (χ2v) is 7.33. The maximum atomic E-state index is 13.1. The molecule has 0 heterocycles. The van der Waals surface area contributed by atoms with Crippen LogP contribution in [0.2, 0.25) is 0 Å². The first-order chi connectivity index (χ1) is 12.8. The van der Waals surface area contributed by atoms with E-state index in [4.69, 9.17) is 0 Å². The lowest BCUT2D eigenvalue weighted by Gasteiger charge is -2.44. The van der Waals surface area contributed by atoms with E-state index in [1.807, 2.05) is 18.2 Å². The molecule has 1 unspecified atom stereocenters. The number of rotatable bonds is 3. The van der Waals surface area contributed by atoms with Crippen LogP contribution in [-0.4, -0.2) is 5.91 Å². The average molecular weight is 339 g/mol. The van der Waals surface area contributed by atoms with Gasteiger partial charge < -0.3 is 5.32 Å². The first kappa shape index (κ1) is 15.4. The van der Waals surface area contributed by atoms with E-state index in [1.54, 1.807) is 0 Å². The molecule has 1 amide bonds. The van der Waals surface area contributed by atoms with Gasteiger partial charge in [0.1, 0.15) is 0 Å². The zero-order valence-corrected chi connectivity index (χ0v) is 14.6. The fraction of sp³-hybridized carbons (Fsp3) is 0.208. The summed E-state index contributed by atoms with van der Waals surface area (Å²) in [5.41, 5.74) is 6.62. The minimum absolute atomic E-state index is 0.00788. The third kappa shape index (κ3) is 2.37. The van der Waals surface area contributed by atoms with Crippen molar-refractivity contribution in [3.05, 3.63) is 107 Å². The van der Waals surface area contributed by atoms with Gasteiger partial charge in [-0.3, -0.25) is 4.79 Å². The van der Waals surface area contributed by atoms with Crippen LogP contribution in [0.4, 0.5) is 0 Å².